The van der Waals surface area contributed by atoms with Crippen molar-refractivity contribution in [3.63, 3.8) is 0 Å². The molecule has 2 N–H and O–H groups in total. The maximum atomic E-state index is 13.8. The molecule has 1 spiro atoms. The third-order valence-corrected chi connectivity index (χ3v) is 6.57. The van der Waals surface area contributed by atoms with E-state index in [4.69, 9.17) is 15.2 Å². The lowest BCUT2D eigenvalue weighted by molar-refractivity contribution is -0.0679. The van der Waals surface area contributed by atoms with Crippen LogP contribution in [0.15, 0.2) is 35.2 Å². The molecule has 4 rings (SSSR count). The predicted octanol–water partition coefficient (Wildman–Crippen LogP) is 1.56. The van der Waals surface area contributed by atoms with Crippen LogP contribution < -0.4 is 14.8 Å². The number of carbonyl (C=O) groups is 1. The van der Waals surface area contributed by atoms with E-state index < -0.39 is 49.5 Å². The summed E-state index contributed by atoms with van der Waals surface area (Å²) in [7, 11) is -4.48. The smallest absolute Gasteiger partial charge is 0.268 e. The molecule has 2 aliphatic heterocycles. The van der Waals surface area contributed by atoms with Crippen molar-refractivity contribution in [3.8, 4) is 5.75 Å². The fraction of sp³-hybridized carbons (Fsp3) is 0.235. The van der Waals surface area contributed by atoms with Gasteiger partial charge in [-0.05, 0) is 18.2 Å². The third kappa shape index (κ3) is 2.61. The lowest BCUT2D eigenvalue weighted by Gasteiger charge is -2.47. The summed E-state index contributed by atoms with van der Waals surface area (Å²) < 4.78 is 79.4. The third-order valence-electron chi connectivity index (χ3n) is 4.62. The Morgan fingerprint density at radius 1 is 1.07 bits per heavy atom. The number of fused-ring (bicyclic) bond motifs is 1. The van der Waals surface area contributed by atoms with E-state index in [9.17, 15) is 26.4 Å². The summed E-state index contributed by atoms with van der Waals surface area (Å²) >= 11 is 0. The fourth-order valence-electron chi connectivity index (χ4n) is 3.22. The highest BCUT2D eigenvalue weighted by molar-refractivity contribution is 7.93. The highest BCUT2D eigenvalue weighted by Crippen LogP contribution is 2.42. The molecular formula is C17H13F3N2O5S. The molecule has 148 valence electrons. The average molecular weight is 414 g/mol. The number of halogens is 3. The maximum absolute atomic E-state index is 13.8. The van der Waals surface area contributed by atoms with Crippen LogP contribution in [0.4, 0.5) is 18.9 Å². The van der Waals surface area contributed by atoms with Gasteiger partial charge >= 0.3 is 0 Å². The molecule has 2 aliphatic rings. The molecule has 0 aliphatic carbocycles. The zero-order valence-electron chi connectivity index (χ0n) is 14.1. The van der Waals surface area contributed by atoms with Crippen molar-refractivity contribution in [1.29, 1.82) is 0 Å². The minimum Gasteiger partial charge on any atom is -0.489 e. The Morgan fingerprint density at radius 3 is 2.25 bits per heavy atom. The van der Waals surface area contributed by atoms with E-state index in [0.717, 1.165) is 10.4 Å². The lowest BCUT2D eigenvalue weighted by Crippen LogP contribution is -2.66. The molecule has 2 heterocycles. The first kappa shape index (κ1) is 18.6. The minimum absolute atomic E-state index is 0.0539. The van der Waals surface area contributed by atoms with Crippen LogP contribution >= 0.6 is 0 Å². The van der Waals surface area contributed by atoms with Gasteiger partial charge in [0, 0.05) is 17.7 Å². The van der Waals surface area contributed by atoms with Crippen LogP contribution in [0.2, 0.25) is 0 Å². The van der Waals surface area contributed by atoms with Crippen molar-refractivity contribution in [3.05, 3.63) is 53.3 Å². The number of carbonyl (C=O) groups excluding carboxylic acids is 1. The lowest BCUT2D eigenvalue weighted by atomic mass is 9.98. The van der Waals surface area contributed by atoms with E-state index in [2.05, 4.69) is 0 Å². The van der Waals surface area contributed by atoms with E-state index in [0.29, 0.717) is 12.1 Å². The topological polar surface area (TPSA) is 98.9 Å². The molecule has 11 heteroatoms. The first-order chi connectivity index (χ1) is 13.2. The summed E-state index contributed by atoms with van der Waals surface area (Å²) in [6.07, 6.45) is 0. The van der Waals surface area contributed by atoms with Gasteiger partial charge in [0.15, 0.2) is 17.5 Å². The van der Waals surface area contributed by atoms with Gasteiger partial charge in [-0.1, -0.05) is 0 Å². The van der Waals surface area contributed by atoms with Crippen LogP contribution in [0.3, 0.4) is 0 Å². The van der Waals surface area contributed by atoms with E-state index in [1.807, 2.05) is 0 Å². The minimum atomic E-state index is -4.48. The second-order valence-corrected chi connectivity index (χ2v) is 8.28. The molecule has 1 saturated heterocycles. The number of hydrogen-bond donors (Lipinski definition) is 1. The van der Waals surface area contributed by atoms with Gasteiger partial charge in [0.25, 0.3) is 10.0 Å². The van der Waals surface area contributed by atoms with Gasteiger partial charge in [-0.15, -0.1) is 0 Å². The van der Waals surface area contributed by atoms with Crippen LogP contribution in [0, 0.1) is 17.5 Å². The van der Waals surface area contributed by atoms with E-state index >= 15 is 0 Å². The van der Waals surface area contributed by atoms with Gasteiger partial charge < -0.3 is 15.2 Å². The second kappa shape index (κ2) is 6.11. The zero-order chi connectivity index (χ0) is 20.3. The Balaban J connectivity index is 1.97. The van der Waals surface area contributed by atoms with Gasteiger partial charge in [0.2, 0.25) is 5.91 Å². The van der Waals surface area contributed by atoms with Gasteiger partial charge in [-0.3, -0.25) is 9.10 Å². The Morgan fingerprint density at radius 2 is 1.71 bits per heavy atom. The van der Waals surface area contributed by atoms with Crippen molar-refractivity contribution in [2.45, 2.75) is 10.4 Å². The zero-order valence-corrected chi connectivity index (χ0v) is 14.9. The second-order valence-electron chi connectivity index (χ2n) is 6.52. The molecule has 2 aromatic rings. The molecule has 1 amide bonds. The van der Waals surface area contributed by atoms with E-state index in [1.165, 1.54) is 12.1 Å². The number of rotatable bonds is 2. The molecule has 28 heavy (non-hydrogen) atoms. The fourth-order valence-corrected chi connectivity index (χ4v) is 5.12. The predicted molar refractivity (Wildman–Crippen MR) is 90.0 cm³/mol. The van der Waals surface area contributed by atoms with Crippen LogP contribution in [0.5, 0.6) is 5.75 Å². The van der Waals surface area contributed by atoms with Gasteiger partial charge in [0.05, 0.1) is 18.9 Å². The van der Waals surface area contributed by atoms with Crippen molar-refractivity contribution in [2.75, 3.05) is 24.1 Å². The summed E-state index contributed by atoms with van der Waals surface area (Å²) in [4.78, 5) is 11.1. The number of ether oxygens (including phenoxy) is 2. The molecule has 2 aromatic carbocycles. The number of amides is 1. The van der Waals surface area contributed by atoms with Crippen LogP contribution in [0.1, 0.15) is 10.4 Å². The number of nitrogens with two attached hydrogens (primary N) is 1. The number of benzene rings is 2. The SMILES string of the molecule is NC(=O)c1ccc2c(c1)S(=O)(=O)N(c1cc(F)c(F)c(F)c1)C1(COC1)CO2. The molecule has 0 bridgehead atoms. The van der Waals surface area contributed by atoms with Gasteiger partial charge in [-0.2, -0.15) is 0 Å². The first-order valence-electron chi connectivity index (χ1n) is 8.00. The van der Waals surface area contributed by atoms with Crippen molar-refractivity contribution < 1.29 is 35.9 Å². The quantitative estimate of drug-likeness (QED) is 0.752. The van der Waals surface area contributed by atoms with Crippen molar-refractivity contribution in [1.82, 2.24) is 0 Å². The molecule has 0 unspecified atom stereocenters. The standard InChI is InChI=1S/C17H13F3N2O5S/c18-11-4-10(5-12(19)15(11)20)22-17(6-26-7-17)8-27-13-2-1-9(16(21)23)3-14(13)28(22,24)25/h1-5H,6-8H2,(H2,21,23). The summed E-state index contributed by atoms with van der Waals surface area (Å²) in [6, 6.07) is 4.76. The van der Waals surface area contributed by atoms with Crippen LogP contribution in [-0.4, -0.2) is 39.7 Å². The first-order valence-corrected chi connectivity index (χ1v) is 9.44. The number of primary amides is 1. The number of sulfonamides is 1. The Bertz CT molecular complexity index is 1080. The monoisotopic (exact) mass is 414 g/mol. The summed E-state index contributed by atoms with van der Waals surface area (Å²) in [5, 5.41) is 0. The molecule has 0 radical (unpaired) electrons. The maximum Gasteiger partial charge on any atom is 0.268 e. The molecule has 0 saturated carbocycles. The molecular weight excluding hydrogens is 401 g/mol. The average Bonchev–Trinajstić information content (AvgIpc) is 2.70. The van der Waals surface area contributed by atoms with Crippen molar-refractivity contribution in [2.24, 2.45) is 5.73 Å². The summed E-state index contributed by atoms with van der Waals surface area (Å²) in [6.45, 7) is -0.400. The Hall–Kier alpha value is -2.79. The highest BCUT2D eigenvalue weighted by Gasteiger charge is 2.53. The summed E-state index contributed by atoms with van der Waals surface area (Å²) in [5.41, 5.74) is 3.40. The molecule has 0 atom stereocenters. The van der Waals surface area contributed by atoms with Crippen LogP contribution in [-0.2, 0) is 14.8 Å². The Labute approximate surface area is 157 Å². The number of anilines is 1. The largest absolute Gasteiger partial charge is 0.489 e. The van der Waals surface area contributed by atoms with Crippen LogP contribution in [0.25, 0.3) is 0 Å². The normalized spacial score (nSPS) is 19.3. The molecule has 7 nitrogen and oxygen atoms in total. The molecule has 1 fully saturated rings. The highest BCUT2D eigenvalue weighted by atomic mass is 32.2. The van der Waals surface area contributed by atoms with E-state index in [1.54, 1.807) is 0 Å². The number of nitrogens with zero attached hydrogens (tertiary/aromatic N) is 1. The van der Waals surface area contributed by atoms with E-state index in [-0.39, 0.29) is 31.1 Å². The number of hydrogen-bond acceptors (Lipinski definition) is 5. The Kier molecular flexibility index (Phi) is 4.05. The van der Waals surface area contributed by atoms with Crippen molar-refractivity contribution >= 4 is 21.6 Å². The summed E-state index contributed by atoms with van der Waals surface area (Å²) in [5.74, 6) is -5.73. The van der Waals surface area contributed by atoms with Gasteiger partial charge in [0.1, 0.15) is 22.8 Å². The molecule has 0 aromatic heterocycles. The van der Waals surface area contributed by atoms with Gasteiger partial charge in [-0.25, -0.2) is 21.6 Å².